The summed E-state index contributed by atoms with van der Waals surface area (Å²) in [6, 6.07) is 15.0. The molecular weight excluding hydrogens is 396 g/mol. The maximum atomic E-state index is 13.1. The number of aliphatic hydroxyl groups excluding tert-OH is 1. The molecule has 7 heteroatoms. The SMILES string of the molecule is O=C(c1ccc2c(c1)OCO2)N1CC2(C1)[C@H](c1ccccc1)[C@@H](CO)N2C(=O)C1CC1. The maximum absolute atomic E-state index is 13.1. The van der Waals surface area contributed by atoms with Crippen molar-refractivity contribution < 1.29 is 24.2 Å². The first kappa shape index (κ1) is 18.7. The Bertz CT molecular complexity index is 1050. The fourth-order valence-corrected chi connectivity index (χ4v) is 5.51. The second-order valence-corrected chi connectivity index (χ2v) is 8.95. The molecule has 31 heavy (non-hydrogen) atoms. The lowest BCUT2D eigenvalue weighted by Gasteiger charge is -2.70. The molecular formula is C24H24N2O5. The quantitative estimate of drug-likeness (QED) is 0.819. The van der Waals surface area contributed by atoms with Crippen molar-refractivity contribution in [2.75, 3.05) is 26.5 Å². The van der Waals surface area contributed by atoms with Gasteiger partial charge in [-0.3, -0.25) is 9.59 Å². The zero-order chi connectivity index (χ0) is 21.2. The Morgan fingerprint density at radius 3 is 2.48 bits per heavy atom. The van der Waals surface area contributed by atoms with Crippen molar-refractivity contribution in [1.82, 2.24) is 9.80 Å². The summed E-state index contributed by atoms with van der Waals surface area (Å²) < 4.78 is 10.7. The molecule has 3 fully saturated rings. The monoisotopic (exact) mass is 420 g/mol. The van der Waals surface area contributed by atoms with E-state index in [4.69, 9.17) is 9.47 Å². The van der Waals surface area contributed by atoms with Gasteiger partial charge in [0, 0.05) is 30.5 Å². The minimum Gasteiger partial charge on any atom is -0.454 e. The third kappa shape index (κ3) is 2.69. The topological polar surface area (TPSA) is 79.3 Å². The number of carbonyl (C=O) groups is 2. The molecule has 2 aromatic carbocycles. The second kappa shape index (κ2) is 6.72. The third-order valence-corrected chi connectivity index (χ3v) is 7.12. The van der Waals surface area contributed by atoms with E-state index in [-0.39, 0.29) is 43.1 Å². The zero-order valence-corrected chi connectivity index (χ0v) is 17.1. The molecule has 160 valence electrons. The summed E-state index contributed by atoms with van der Waals surface area (Å²) in [6.07, 6.45) is 1.83. The molecule has 2 amide bonds. The van der Waals surface area contributed by atoms with Crippen LogP contribution in [-0.4, -0.2) is 64.8 Å². The predicted octanol–water partition coefficient (Wildman–Crippen LogP) is 2.01. The van der Waals surface area contributed by atoms with Crippen LogP contribution in [0.3, 0.4) is 0 Å². The van der Waals surface area contributed by atoms with Crippen LogP contribution in [0.4, 0.5) is 0 Å². The van der Waals surface area contributed by atoms with Gasteiger partial charge in [-0.15, -0.1) is 0 Å². The molecule has 7 nitrogen and oxygen atoms in total. The summed E-state index contributed by atoms with van der Waals surface area (Å²) >= 11 is 0. The number of amides is 2. The lowest BCUT2D eigenvalue weighted by molar-refractivity contribution is -0.194. The van der Waals surface area contributed by atoms with Gasteiger partial charge in [-0.25, -0.2) is 0 Å². The van der Waals surface area contributed by atoms with Gasteiger partial charge in [-0.2, -0.15) is 0 Å². The first-order chi connectivity index (χ1) is 15.1. The van der Waals surface area contributed by atoms with Gasteiger partial charge in [-0.1, -0.05) is 30.3 Å². The molecule has 0 radical (unpaired) electrons. The number of fused-ring (bicyclic) bond motifs is 1. The van der Waals surface area contributed by atoms with E-state index in [1.807, 2.05) is 23.1 Å². The summed E-state index contributed by atoms with van der Waals surface area (Å²) in [4.78, 5) is 29.9. The van der Waals surface area contributed by atoms with Crippen LogP contribution in [0.5, 0.6) is 11.5 Å². The zero-order valence-electron chi connectivity index (χ0n) is 17.1. The highest BCUT2D eigenvalue weighted by Gasteiger charge is 2.68. The number of rotatable bonds is 4. The van der Waals surface area contributed by atoms with Gasteiger partial charge >= 0.3 is 0 Å². The van der Waals surface area contributed by atoms with Gasteiger partial charge in [0.05, 0.1) is 18.2 Å². The van der Waals surface area contributed by atoms with Gasteiger partial charge < -0.3 is 24.4 Å². The molecule has 1 spiro atoms. The van der Waals surface area contributed by atoms with Gasteiger partial charge in [0.15, 0.2) is 11.5 Å². The predicted molar refractivity (Wildman–Crippen MR) is 111 cm³/mol. The van der Waals surface area contributed by atoms with Gasteiger partial charge in [0.1, 0.15) is 0 Å². The van der Waals surface area contributed by atoms with Crippen LogP contribution >= 0.6 is 0 Å². The average molecular weight is 420 g/mol. The largest absolute Gasteiger partial charge is 0.454 e. The Hall–Kier alpha value is -3.06. The van der Waals surface area contributed by atoms with Crippen LogP contribution in [0, 0.1) is 5.92 Å². The molecule has 3 heterocycles. The number of carbonyl (C=O) groups excluding carboxylic acids is 2. The first-order valence-electron chi connectivity index (χ1n) is 10.8. The van der Waals surface area contributed by atoms with Gasteiger partial charge in [-0.05, 0) is 36.6 Å². The summed E-state index contributed by atoms with van der Waals surface area (Å²) in [5.74, 6) is 1.36. The summed E-state index contributed by atoms with van der Waals surface area (Å²) in [7, 11) is 0. The molecule has 2 saturated heterocycles. The molecule has 6 rings (SSSR count). The molecule has 4 aliphatic rings. The second-order valence-electron chi connectivity index (χ2n) is 8.95. The Morgan fingerprint density at radius 2 is 1.77 bits per heavy atom. The van der Waals surface area contributed by atoms with E-state index in [2.05, 4.69) is 12.1 Å². The number of benzene rings is 2. The molecule has 3 aliphatic heterocycles. The van der Waals surface area contributed by atoms with Crippen LogP contribution < -0.4 is 9.47 Å². The van der Waals surface area contributed by atoms with Crippen molar-refractivity contribution in [2.24, 2.45) is 5.92 Å². The van der Waals surface area contributed by atoms with E-state index in [9.17, 15) is 14.7 Å². The van der Waals surface area contributed by atoms with Crippen molar-refractivity contribution in [3.8, 4) is 11.5 Å². The minimum absolute atomic E-state index is 0.0159. The van der Waals surface area contributed by atoms with Crippen LogP contribution in [0.15, 0.2) is 48.5 Å². The van der Waals surface area contributed by atoms with Crippen molar-refractivity contribution in [2.45, 2.75) is 30.3 Å². The smallest absolute Gasteiger partial charge is 0.254 e. The highest BCUT2D eigenvalue weighted by Crippen LogP contribution is 2.55. The van der Waals surface area contributed by atoms with E-state index < -0.39 is 5.54 Å². The van der Waals surface area contributed by atoms with Gasteiger partial charge in [0.25, 0.3) is 5.91 Å². The van der Waals surface area contributed by atoms with Crippen LogP contribution in [0.25, 0.3) is 0 Å². The standard InChI is InChI=1S/C24H24N2O5/c27-11-18-21(15-4-2-1-3-5-15)24(26(18)23(29)16-6-7-16)12-25(13-24)22(28)17-8-9-19-20(10-17)31-14-30-19/h1-5,8-10,16,18,21,27H,6-7,11-14H2/t18-,21-/m1/s1. The Morgan fingerprint density at radius 1 is 1.03 bits per heavy atom. The highest BCUT2D eigenvalue weighted by atomic mass is 16.7. The summed E-state index contributed by atoms with van der Waals surface area (Å²) in [5.41, 5.74) is 1.21. The van der Waals surface area contributed by atoms with Crippen molar-refractivity contribution in [1.29, 1.82) is 0 Å². The first-order valence-corrected chi connectivity index (χ1v) is 10.8. The summed E-state index contributed by atoms with van der Waals surface area (Å²) in [5, 5.41) is 10.1. The minimum atomic E-state index is -0.444. The molecule has 1 N–H and O–H groups in total. The fraction of sp³-hybridized carbons (Fsp3) is 0.417. The lowest BCUT2D eigenvalue weighted by atomic mass is 9.60. The normalized spacial score (nSPS) is 25.2. The summed E-state index contributed by atoms with van der Waals surface area (Å²) in [6.45, 7) is 1.03. The molecule has 2 aromatic rings. The van der Waals surface area contributed by atoms with E-state index >= 15 is 0 Å². The fourth-order valence-electron chi connectivity index (χ4n) is 5.51. The van der Waals surface area contributed by atoms with Crippen LogP contribution in [0.2, 0.25) is 0 Å². The van der Waals surface area contributed by atoms with E-state index in [1.54, 1.807) is 23.1 Å². The lowest BCUT2D eigenvalue weighted by Crippen LogP contribution is -2.86. The van der Waals surface area contributed by atoms with E-state index in [1.165, 1.54) is 0 Å². The number of likely N-dealkylation sites (tertiary alicyclic amines) is 2. The Balaban J connectivity index is 1.28. The number of hydrogen-bond donors (Lipinski definition) is 1. The molecule has 0 bridgehead atoms. The Labute approximate surface area is 180 Å². The van der Waals surface area contributed by atoms with Crippen LogP contribution in [-0.2, 0) is 4.79 Å². The maximum Gasteiger partial charge on any atom is 0.254 e. The van der Waals surface area contributed by atoms with E-state index in [0.29, 0.717) is 30.2 Å². The van der Waals surface area contributed by atoms with Crippen molar-refractivity contribution >= 4 is 11.8 Å². The highest BCUT2D eigenvalue weighted by molar-refractivity contribution is 5.96. The van der Waals surface area contributed by atoms with E-state index in [0.717, 1.165) is 18.4 Å². The molecule has 1 aliphatic carbocycles. The number of nitrogens with zero attached hydrogens (tertiary/aromatic N) is 2. The van der Waals surface area contributed by atoms with Crippen molar-refractivity contribution in [3.63, 3.8) is 0 Å². The van der Waals surface area contributed by atoms with Crippen LogP contribution in [0.1, 0.15) is 34.7 Å². The molecule has 0 aromatic heterocycles. The molecule has 0 unspecified atom stereocenters. The average Bonchev–Trinajstić information content (AvgIpc) is 3.50. The number of ether oxygens (including phenoxy) is 2. The Kier molecular flexibility index (Phi) is 4.05. The molecule has 1 saturated carbocycles. The third-order valence-electron chi connectivity index (χ3n) is 7.12. The molecule has 2 atom stereocenters. The van der Waals surface area contributed by atoms with Crippen molar-refractivity contribution in [3.05, 3.63) is 59.7 Å². The van der Waals surface area contributed by atoms with Gasteiger partial charge in [0.2, 0.25) is 12.7 Å². The number of hydrogen-bond acceptors (Lipinski definition) is 5. The number of aliphatic hydroxyl groups is 1.